The fourth-order valence-corrected chi connectivity index (χ4v) is 1.71. The molecule has 0 saturated heterocycles. The van der Waals surface area contributed by atoms with Crippen LogP contribution in [0.15, 0.2) is 6.20 Å². The molecule has 0 amide bonds. The van der Waals surface area contributed by atoms with Crippen molar-refractivity contribution in [2.75, 3.05) is 13.2 Å². The lowest BCUT2D eigenvalue weighted by molar-refractivity contribution is 0.0524. The predicted molar refractivity (Wildman–Crippen MR) is 74.9 cm³/mol. The molecule has 1 aromatic rings. The van der Waals surface area contributed by atoms with Gasteiger partial charge in [0.2, 0.25) is 0 Å². The zero-order valence-electron chi connectivity index (χ0n) is 12.6. The lowest BCUT2D eigenvalue weighted by atomic mass is 9.98. The van der Waals surface area contributed by atoms with Crippen LogP contribution in [-0.4, -0.2) is 28.9 Å². The Morgan fingerprint density at radius 2 is 2.16 bits per heavy atom. The van der Waals surface area contributed by atoms with Crippen LogP contribution in [0.2, 0.25) is 0 Å². The number of carbonyl (C=O) groups is 1. The van der Waals surface area contributed by atoms with Gasteiger partial charge in [-0.2, -0.15) is 5.10 Å². The smallest absolute Gasteiger partial charge is 0.341 e. The average molecular weight is 267 g/mol. The van der Waals surface area contributed by atoms with Crippen LogP contribution in [0.5, 0.6) is 0 Å². The first-order valence-electron chi connectivity index (χ1n) is 6.86. The van der Waals surface area contributed by atoms with Gasteiger partial charge in [-0.3, -0.25) is 4.68 Å². The number of nitrogens with one attached hydrogen (secondary N) is 1. The van der Waals surface area contributed by atoms with E-state index in [2.05, 4.69) is 31.2 Å². The molecule has 0 saturated carbocycles. The largest absolute Gasteiger partial charge is 0.462 e. The van der Waals surface area contributed by atoms with E-state index in [1.807, 2.05) is 7.05 Å². The van der Waals surface area contributed by atoms with E-state index < -0.39 is 0 Å². The highest BCUT2D eigenvalue weighted by molar-refractivity contribution is 5.90. The minimum atomic E-state index is -0.302. The summed E-state index contributed by atoms with van der Waals surface area (Å²) in [5.41, 5.74) is 1.42. The lowest BCUT2D eigenvalue weighted by Crippen LogP contribution is -2.25. The number of aryl methyl sites for hydroxylation is 1. The van der Waals surface area contributed by atoms with Crippen molar-refractivity contribution < 1.29 is 9.53 Å². The van der Waals surface area contributed by atoms with Gasteiger partial charge in [0.05, 0.1) is 18.5 Å². The summed E-state index contributed by atoms with van der Waals surface area (Å²) in [6.45, 7) is 10.4. The molecule has 19 heavy (non-hydrogen) atoms. The minimum absolute atomic E-state index is 0.302. The zero-order valence-corrected chi connectivity index (χ0v) is 12.6. The van der Waals surface area contributed by atoms with Gasteiger partial charge in [0.1, 0.15) is 5.56 Å². The summed E-state index contributed by atoms with van der Waals surface area (Å²) in [7, 11) is 1.84. The highest BCUT2D eigenvalue weighted by atomic mass is 16.5. The Morgan fingerprint density at radius 3 is 2.74 bits per heavy atom. The van der Waals surface area contributed by atoms with Crippen molar-refractivity contribution in [3.05, 3.63) is 17.5 Å². The molecule has 5 heteroatoms. The normalized spacial score (nSPS) is 12.7. The quantitative estimate of drug-likeness (QED) is 0.767. The number of hydrogen-bond donors (Lipinski definition) is 1. The molecule has 0 spiro atoms. The molecule has 1 unspecified atom stereocenters. The van der Waals surface area contributed by atoms with Crippen molar-refractivity contribution in [2.45, 2.75) is 34.2 Å². The van der Waals surface area contributed by atoms with Gasteiger partial charge in [-0.05, 0) is 25.3 Å². The van der Waals surface area contributed by atoms with Crippen LogP contribution in [0.4, 0.5) is 0 Å². The van der Waals surface area contributed by atoms with E-state index >= 15 is 0 Å². The van der Waals surface area contributed by atoms with Crippen molar-refractivity contribution in [1.82, 2.24) is 15.1 Å². The summed E-state index contributed by atoms with van der Waals surface area (Å²) in [5, 5.41) is 7.51. The topological polar surface area (TPSA) is 56.1 Å². The first-order chi connectivity index (χ1) is 8.97. The van der Waals surface area contributed by atoms with Gasteiger partial charge in [-0.25, -0.2) is 4.79 Å². The number of carbonyl (C=O) groups excluding carboxylic acids is 1. The van der Waals surface area contributed by atoms with Crippen LogP contribution in [0, 0.1) is 11.8 Å². The predicted octanol–water partition coefficient (Wildman–Crippen LogP) is 1.98. The molecule has 0 aromatic carbocycles. The van der Waals surface area contributed by atoms with Crippen LogP contribution >= 0.6 is 0 Å². The van der Waals surface area contributed by atoms with Gasteiger partial charge in [-0.15, -0.1) is 0 Å². The van der Waals surface area contributed by atoms with Gasteiger partial charge >= 0.3 is 5.97 Å². The Labute approximate surface area is 115 Å². The van der Waals surface area contributed by atoms with Crippen molar-refractivity contribution in [1.29, 1.82) is 0 Å². The van der Waals surface area contributed by atoms with Gasteiger partial charge in [0, 0.05) is 13.6 Å². The van der Waals surface area contributed by atoms with E-state index in [0.717, 1.165) is 12.2 Å². The van der Waals surface area contributed by atoms with E-state index in [4.69, 9.17) is 4.74 Å². The molecule has 1 rings (SSSR count). The summed E-state index contributed by atoms with van der Waals surface area (Å²) in [5.74, 6) is 0.937. The Bertz CT molecular complexity index is 413. The fourth-order valence-electron chi connectivity index (χ4n) is 1.71. The minimum Gasteiger partial charge on any atom is -0.462 e. The van der Waals surface area contributed by atoms with Gasteiger partial charge < -0.3 is 10.1 Å². The second kappa shape index (κ2) is 7.28. The summed E-state index contributed by atoms with van der Waals surface area (Å²) < 4.78 is 6.75. The SMILES string of the molecule is CCOC(=O)c1cnn(C)c1CNCC(C)C(C)C. The standard InChI is InChI=1S/C14H25N3O2/c1-6-19-14(18)12-8-16-17(5)13(12)9-15-7-11(4)10(2)3/h8,10-11,15H,6-7,9H2,1-5H3. The van der Waals surface area contributed by atoms with E-state index in [-0.39, 0.29) is 5.97 Å². The molecular formula is C14H25N3O2. The van der Waals surface area contributed by atoms with Crippen molar-refractivity contribution in [3.63, 3.8) is 0 Å². The first kappa shape index (κ1) is 15.7. The van der Waals surface area contributed by atoms with Gasteiger partial charge in [0.15, 0.2) is 0 Å². The fraction of sp³-hybridized carbons (Fsp3) is 0.714. The maximum atomic E-state index is 11.8. The number of aromatic nitrogens is 2. The molecule has 1 atom stereocenters. The third kappa shape index (κ3) is 4.35. The summed E-state index contributed by atoms with van der Waals surface area (Å²) >= 11 is 0. The van der Waals surface area contributed by atoms with Crippen LogP contribution in [-0.2, 0) is 18.3 Å². The van der Waals surface area contributed by atoms with Crippen molar-refractivity contribution in [2.24, 2.45) is 18.9 Å². The van der Waals surface area contributed by atoms with E-state index in [9.17, 15) is 4.79 Å². The highest BCUT2D eigenvalue weighted by Gasteiger charge is 2.17. The first-order valence-corrected chi connectivity index (χ1v) is 6.86. The zero-order chi connectivity index (χ0) is 14.4. The third-order valence-electron chi connectivity index (χ3n) is 3.45. The van der Waals surface area contributed by atoms with Gasteiger partial charge in [-0.1, -0.05) is 20.8 Å². The molecular weight excluding hydrogens is 242 g/mol. The molecule has 1 N–H and O–H groups in total. The molecule has 0 aliphatic carbocycles. The molecule has 0 aliphatic heterocycles. The van der Waals surface area contributed by atoms with Crippen LogP contribution in [0.3, 0.4) is 0 Å². The third-order valence-corrected chi connectivity index (χ3v) is 3.45. The molecule has 0 fully saturated rings. The molecule has 1 aromatic heterocycles. The summed E-state index contributed by atoms with van der Waals surface area (Å²) in [6.07, 6.45) is 1.57. The second-order valence-corrected chi connectivity index (χ2v) is 5.20. The Kier molecular flexibility index (Phi) is 6.02. The molecule has 1 heterocycles. The van der Waals surface area contributed by atoms with E-state index in [0.29, 0.717) is 30.6 Å². The Hall–Kier alpha value is -1.36. The molecule has 0 radical (unpaired) electrons. The number of esters is 1. The monoisotopic (exact) mass is 267 g/mol. The summed E-state index contributed by atoms with van der Waals surface area (Å²) in [4.78, 5) is 11.8. The number of ether oxygens (including phenoxy) is 1. The van der Waals surface area contributed by atoms with Gasteiger partial charge in [0.25, 0.3) is 0 Å². The maximum absolute atomic E-state index is 11.8. The van der Waals surface area contributed by atoms with E-state index in [1.54, 1.807) is 17.8 Å². The van der Waals surface area contributed by atoms with Crippen LogP contribution in [0.1, 0.15) is 43.7 Å². The molecule has 108 valence electrons. The number of hydrogen-bond acceptors (Lipinski definition) is 4. The number of rotatable bonds is 7. The second-order valence-electron chi connectivity index (χ2n) is 5.20. The molecule has 0 aliphatic rings. The van der Waals surface area contributed by atoms with Crippen molar-refractivity contribution >= 4 is 5.97 Å². The Morgan fingerprint density at radius 1 is 1.47 bits per heavy atom. The average Bonchev–Trinajstić information content (AvgIpc) is 2.71. The van der Waals surface area contributed by atoms with Crippen molar-refractivity contribution in [3.8, 4) is 0 Å². The highest BCUT2D eigenvalue weighted by Crippen LogP contribution is 2.11. The molecule has 0 bridgehead atoms. The number of nitrogens with zero attached hydrogens (tertiary/aromatic N) is 2. The lowest BCUT2D eigenvalue weighted by Gasteiger charge is -2.16. The van der Waals surface area contributed by atoms with E-state index in [1.165, 1.54) is 0 Å². The summed E-state index contributed by atoms with van der Waals surface area (Å²) in [6, 6.07) is 0. The molecule has 5 nitrogen and oxygen atoms in total. The van der Waals surface area contributed by atoms with Crippen LogP contribution < -0.4 is 5.32 Å². The maximum Gasteiger partial charge on any atom is 0.341 e. The van der Waals surface area contributed by atoms with Crippen LogP contribution in [0.25, 0.3) is 0 Å². The Balaban J connectivity index is 2.62.